The van der Waals surface area contributed by atoms with Crippen LogP contribution in [0, 0.1) is 0 Å². The molecule has 1 atom stereocenters. The predicted octanol–water partition coefficient (Wildman–Crippen LogP) is 3.55. The first-order valence-corrected chi connectivity index (χ1v) is 8.37. The van der Waals surface area contributed by atoms with Crippen molar-refractivity contribution in [2.45, 2.75) is 5.92 Å². The molecule has 0 amide bonds. The zero-order valence-electron chi connectivity index (χ0n) is 12.5. The summed E-state index contributed by atoms with van der Waals surface area (Å²) < 4.78 is 17.2. The molecule has 0 spiro atoms. The van der Waals surface area contributed by atoms with Gasteiger partial charge in [0.25, 0.3) is 0 Å². The van der Waals surface area contributed by atoms with Crippen LogP contribution in [-0.2, 0) is 9.53 Å². The van der Waals surface area contributed by atoms with Crippen molar-refractivity contribution in [2.24, 2.45) is 0 Å². The van der Waals surface area contributed by atoms with E-state index in [1.165, 1.54) is 0 Å². The standard InChI is InChI=1S/C18H12BrNO4/c19-11-4-2-1-3-9(11)16-10-5-14-15(24-8-23-14)6-12(10)20-13-7-22-18(21)17(13)16/h1-6,16,20H,7-8H2. The van der Waals surface area contributed by atoms with E-state index in [0.29, 0.717) is 17.1 Å². The maximum atomic E-state index is 12.4. The molecule has 1 N–H and O–H groups in total. The van der Waals surface area contributed by atoms with E-state index in [1.807, 2.05) is 36.4 Å². The third kappa shape index (κ3) is 1.89. The fourth-order valence-corrected chi connectivity index (χ4v) is 3.98. The highest BCUT2D eigenvalue weighted by Gasteiger charge is 2.40. The summed E-state index contributed by atoms with van der Waals surface area (Å²) in [6.07, 6.45) is 0. The molecule has 0 bridgehead atoms. The molecular weight excluding hydrogens is 374 g/mol. The number of hydrogen-bond acceptors (Lipinski definition) is 5. The van der Waals surface area contributed by atoms with Gasteiger partial charge in [0, 0.05) is 22.1 Å². The van der Waals surface area contributed by atoms with Gasteiger partial charge in [0.2, 0.25) is 6.79 Å². The molecule has 0 saturated heterocycles. The van der Waals surface area contributed by atoms with Gasteiger partial charge in [-0.1, -0.05) is 34.1 Å². The normalized spacial score (nSPS) is 20.4. The number of halogens is 1. The Hall–Kier alpha value is -2.47. The van der Waals surface area contributed by atoms with Gasteiger partial charge < -0.3 is 19.5 Å². The van der Waals surface area contributed by atoms with Crippen LogP contribution in [-0.4, -0.2) is 19.4 Å². The minimum Gasteiger partial charge on any atom is -0.456 e. The molecule has 24 heavy (non-hydrogen) atoms. The van der Waals surface area contributed by atoms with E-state index in [0.717, 1.165) is 27.0 Å². The number of fused-ring (bicyclic) bond motifs is 2. The van der Waals surface area contributed by atoms with E-state index >= 15 is 0 Å². The van der Waals surface area contributed by atoms with Crippen LogP contribution in [0.1, 0.15) is 17.0 Å². The zero-order chi connectivity index (χ0) is 16.3. The number of carbonyl (C=O) groups is 1. The summed E-state index contributed by atoms with van der Waals surface area (Å²) in [4.78, 5) is 12.4. The summed E-state index contributed by atoms with van der Waals surface area (Å²) in [5.41, 5.74) is 4.38. The van der Waals surface area contributed by atoms with Crippen LogP contribution in [0.2, 0.25) is 0 Å². The van der Waals surface area contributed by atoms with Crippen molar-refractivity contribution in [3.63, 3.8) is 0 Å². The van der Waals surface area contributed by atoms with Crippen LogP contribution < -0.4 is 14.8 Å². The quantitative estimate of drug-likeness (QED) is 0.760. The van der Waals surface area contributed by atoms with Crippen molar-refractivity contribution in [2.75, 3.05) is 18.7 Å². The Kier molecular flexibility index (Phi) is 2.91. The molecule has 5 nitrogen and oxygen atoms in total. The monoisotopic (exact) mass is 385 g/mol. The maximum absolute atomic E-state index is 12.4. The smallest absolute Gasteiger partial charge is 0.337 e. The summed E-state index contributed by atoms with van der Waals surface area (Å²) in [7, 11) is 0. The highest BCUT2D eigenvalue weighted by Crippen LogP contribution is 2.49. The molecule has 5 rings (SSSR count). The van der Waals surface area contributed by atoms with Crippen LogP contribution in [0.15, 0.2) is 52.1 Å². The molecule has 3 heterocycles. The van der Waals surface area contributed by atoms with Gasteiger partial charge in [0.1, 0.15) is 6.61 Å². The lowest BCUT2D eigenvalue weighted by molar-refractivity contribution is -0.136. The molecular formula is C18H12BrNO4. The van der Waals surface area contributed by atoms with E-state index in [4.69, 9.17) is 14.2 Å². The lowest BCUT2D eigenvalue weighted by atomic mass is 9.81. The largest absolute Gasteiger partial charge is 0.456 e. The van der Waals surface area contributed by atoms with E-state index in [9.17, 15) is 4.79 Å². The molecule has 2 aromatic carbocycles. The Bertz CT molecular complexity index is 921. The fraction of sp³-hybridized carbons (Fsp3) is 0.167. The number of esters is 1. The Morgan fingerprint density at radius 2 is 1.83 bits per heavy atom. The molecule has 6 heteroatoms. The average Bonchev–Trinajstić information content (AvgIpc) is 3.18. The lowest BCUT2D eigenvalue weighted by Crippen LogP contribution is -2.20. The Morgan fingerprint density at radius 1 is 1.04 bits per heavy atom. The SMILES string of the molecule is O=C1OCC2=C1C(c1ccccc1Br)c1cc3c(cc1N2)OCO3. The topological polar surface area (TPSA) is 56.8 Å². The van der Waals surface area contributed by atoms with Crippen LogP contribution in [0.4, 0.5) is 5.69 Å². The van der Waals surface area contributed by atoms with Gasteiger partial charge in [0.05, 0.1) is 11.3 Å². The average molecular weight is 386 g/mol. The minimum absolute atomic E-state index is 0.212. The molecule has 0 aliphatic carbocycles. The maximum Gasteiger partial charge on any atom is 0.337 e. The van der Waals surface area contributed by atoms with Gasteiger partial charge in [-0.15, -0.1) is 0 Å². The fourth-order valence-electron chi connectivity index (χ4n) is 3.47. The number of hydrogen-bond donors (Lipinski definition) is 1. The molecule has 3 aliphatic rings. The first kappa shape index (κ1) is 13.9. The number of rotatable bonds is 1. The number of cyclic esters (lactones) is 1. The Balaban J connectivity index is 1.77. The van der Waals surface area contributed by atoms with Crippen LogP contribution in [0.5, 0.6) is 11.5 Å². The number of nitrogens with one attached hydrogen (secondary N) is 1. The first-order chi connectivity index (χ1) is 11.7. The van der Waals surface area contributed by atoms with Crippen molar-refractivity contribution >= 4 is 27.6 Å². The molecule has 3 aliphatic heterocycles. The number of anilines is 1. The Labute approximate surface area is 146 Å². The van der Waals surface area contributed by atoms with Crippen LogP contribution in [0.25, 0.3) is 0 Å². The highest BCUT2D eigenvalue weighted by atomic mass is 79.9. The number of benzene rings is 2. The van der Waals surface area contributed by atoms with Gasteiger partial charge in [-0.2, -0.15) is 0 Å². The van der Waals surface area contributed by atoms with Crippen molar-refractivity contribution in [1.82, 2.24) is 0 Å². The third-order valence-electron chi connectivity index (χ3n) is 4.54. The molecule has 0 saturated carbocycles. The first-order valence-electron chi connectivity index (χ1n) is 7.57. The number of ether oxygens (including phenoxy) is 3. The minimum atomic E-state index is -0.276. The summed E-state index contributed by atoms with van der Waals surface area (Å²) >= 11 is 3.61. The van der Waals surface area contributed by atoms with Gasteiger partial charge in [-0.05, 0) is 23.3 Å². The zero-order valence-corrected chi connectivity index (χ0v) is 14.1. The van der Waals surface area contributed by atoms with Gasteiger partial charge in [0.15, 0.2) is 11.5 Å². The van der Waals surface area contributed by atoms with E-state index < -0.39 is 0 Å². The summed E-state index contributed by atoms with van der Waals surface area (Å²) in [5, 5.41) is 3.32. The second-order valence-corrected chi connectivity index (χ2v) is 6.69. The van der Waals surface area contributed by atoms with Crippen molar-refractivity contribution in [3.05, 3.63) is 63.3 Å². The molecule has 2 aromatic rings. The predicted molar refractivity (Wildman–Crippen MR) is 90.2 cm³/mol. The lowest BCUT2D eigenvalue weighted by Gasteiger charge is -2.28. The van der Waals surface area contributed by atoms with Crippen LogP contribution in [0.3, 0.4) is 0 Å². The van der Waals surface area contributed by atoms with Crippen molar-refractivity contribution in [1.29, 1.82) is 0 Å². The van der Waals surface area contributed by atoms with Gasteiger partial charge >= 0.3 is 5.97 Å². The molecule has 1 unspecified atom stereocenters. The molecule has 0 aromatic heterocycles. The summed E-state index contributed by atoms with van der Waals surface area (Å²) in [6, 6.07) is 11.8. The van der Waals surface area contributed by atoms with E-state index in [-0.39, 0.29) is 25.3 Å². The summed E-state index contributed by atoms with van der Waals surface area (Å²) in [6.45, 7) is 0.482. The molecule has 0 radical (unpaired) electrons. The Morgan fingerprint density at radius 3 is 2.67 bits per heavy atom. The number of carbonyl (C=O) groups excluding carboxylic acids is 1. The van der Waals surface area contributed by atoms with Crippen molar-refractivity contribution in [3.8, 4) is 11.5 Å². The second kappa shape index (κ2) is 5.01. The molecule has 120 valence electrons. The highest BCUT2D eigenvalue weighted by molar-refractivity contribution is 9.10. The van der Waals surface area contributed by atoms with Gasteiger partial charge in [-0.25, -0.2) is 4.79 Å². The van der Waals surface area contributed by atoms with Crippen LogP contribution >= 0.6 is 15.9 Å². The molecule has 0 fully saturated rings. The van der Waals surface area contributed by atoms with E-state index in [2.05, 4.69) is 21.2 Å². The summed E-state index contributed by atoms with van der Waals surface area (Å²) in [5.74, 6) is 0.919. The second-order valence-electron chi connectivity index (χ2n) is 5.84. The van der Waals surface area contributed by atoms with Gasteiger partial charge in [-0.3, -0.25) is 0 Å². The third-order valence-corrected chi connectivity index (χ3v) is 5.26. The van der Waals surface area contributed by atoms with Crippen molar-refractivity contribution < 1.29 is 19.0 Å². The van der Waals surface area contributed by atoms with E-state index in [1.54, 1.807) is 0 Å².